The molecule has 0 bridgehead atoms. The van der Waals surface area contributed by atoms with Crippen LogP contribution in [0.1, 0.15) is 27.7 Å². The van der Waals surface area contributed by atoms with Crippen LogP contribution in [0.4, 0.5) is 4.79 Å². The summed E-state index contributed by atoms with van der Waals surface area (Å²) in [7, 11) is 0. The van der Waals surface area contributed by atoms with Gasteiger partial charge in [-0.1, -0.05) is 0 Å². The highest BCUT2D eigenvalue weighted by Gasteiger charge is 2.23. The molecule has 0 saturated carbocycles. The molecule has 3 N–H and O–H groups in total. The molecule has 1 rings (SSSR count). The van der Waals surface area contributed by atoms with Gasteiger partial charge in [0.1, 0.15) is 5.60 Å². The second kappa shape index (κ2) is 7.07. The fraction of sp³-hybridized carbons (Fsp3) is 0.923. The highest BCUT2D eigenvalue weighted by atomic mass is 16.6. The maximum absolute atomic E-state index is 12.0. The van der Waals surface area contributed by atoms with Crippen LogP contribution in [0.15, 0.2) is 0 Å². The average Bonchev–Trinajstić information content (AvgIpc) is 2.16. The molecule has 19 heavy (non-hydrogen) atoms. The monoisotopic (exact) mass is 273 g/mol. The van der Waals surface area contributed by atoms with Crippen molar-refractivity contribution in [1.29, 1.82) is 0 Å². The molecule has 1 saturated heterocycles. The predicted molar refractivity (Wildman–Crippen MR) is 74.1 cm³/mol. The Hall–Kier alpha value is -0.850. The number of hydrogen-bond donors (Lipinski definition) is 3. The van der Waals surface area contributed by atoms with Crippen molar-refractivity contribution in [2.75, 3.05) is 32.7 Å². The fourth-order valence-corrected chi connectivity index (χ4v) is 1.74. The number of rotatable bonds is 6. The van der Waals surface area contributed by atoms with Gasteiger partial charge in [0.2, 0.25) is 0 Å². The van der Waals surface area contributed by atoms with Crippen molar-refractivity contribution in [3.8, 4) is 0 Å². The number of nitrogens with zero attached hydrogens (tertiary/aromatic N) is 1. The summed E-state index contributed by atoms with van der Waals surface area (Å²) < 4.78 is 5.33. The van der Waals surface area contributed by atoms with E-state index < -0.39 is 11.7 Å². The molecule has 0 aromatic carbocycles. The molecule has 0 radical (unpaired) electrons. The van der Waals surface area contributed by atoms with Crippen LogP contribution in [-0.2, 0) is 4.74 Å². The number of carbonyl (C=O) groups is 1. The molecule has 1 unspecified atom stereocenters. The number of carbonyl (C=O) groups excluding carboxylic acids is 1. The third-order valence-corrected chi connectivity index (χ3v) is 2.73. The maximum Gasteiger partial charge on any atom is 0.410 e. The van der Waals surface area contributed by atoms with Crippen LogP contribution in [0.25, 0.3) is 0 Å². The zero-order valence-corrected chi connectivity index (χ0v) is 12.4. The molecule has 0 aliphatic carbocycles. The lowest BCUT2D eigenvalue weighted by Crippen LogP contribution is -2.56. The Morgan fingerprint density at radius 1 is 1.53 bits per heavy atom. The van der Waals surface area contributed by atoms with Crippen LogP contribution < -0.4 is 10.6 Å². The largest absolute Gasteiger partial charge is 0.444 e. The zero-order chi connectivity index (χ0) is 14.5. The molecule has 112 valence electrons. The minimum atomic E-state index is -0.558. The van der Waals surface area contributed by atoms with Crippen molar-refractivity contribution in [1.82, 2.24) is 15.5 Å². The Morgan fingerprint density at radius 3 is 2.58 bits per heavy atom. The molecule has 6 heteroatoms. The minimum absolute atomic E-state index is 0.291. The van der Waals surface area contributed by atoms with Gasteiger partial charge in [0.25, 0.3) is 0 Å². The van der Waals surface area contributed by atoms with E-state index in [1.807, 2.05) is 20.8 Å². The summed E-state index contributed by atoms with van der Waals surface area (Å²) in [6, 6.07) is 0.493. The number of ether oxygens (including phenoxy) is 1. The number of hydrogen-bond acceptors (Lipinski definition) is 5. The lowest BCUT2D eigenvalue weighted by Gasteiger charge is -2.31. The van der Waals surface area contributed by atoms with Crippen LogP contribution in [0, 0.1) is 0 Å². The van der Waals surface area contributed by atoms with E-state index in [2.05, 4.69) is 10.6 Å². The number of nitrogens with one attached hydrogen (secondary N) is 2. The quantitative estimate of drug-likeness (QED) is 0.643. The molecule has 0 aromatic rings. The molecule has 1 heterocycles. The van der Waals surface area contributed by atoms with E-state index in [0.717, 1.165) is 13.1 Å². The van der Waals surface area contributed by atoms with Crippen molar-refractivity contribution in [2.45, 2.75) is 45.4 Å². The molecule has 1 fully saturated rings. The van der Waals surface area contributed by atoms with Crippen molar-refractivity contribution >= 4 is 6.09 Å². The average molecular weight is 273 g/mol. The molecule has 0 aromatic heterocycles. The maximum atomic E-state index is 12.0. The van der Waals surface area contributed by atoms with Gasteiger partial charge in [-0.2, -0.15) is 0 Å². The van der Waals surface area contributed by atoms with Gasteiger partial charge in [-0.3, -0.25) is 0 Å². The van der Waals surface area contributed by atoms with E-state index in [9.17, 15) is 9.90 Å². The molecule has 0 spiro atoms. The minimum Gasteiger partial charge on any atom is -0.444 e. The summed E-state index contributed by atoms with van der Waals surface area (Å²) >= 11 is 0. The molecule has 6 nitrogen and oxygen atoms in total. The summed E-state index contributed by atoms with van der Waals surface area (Å²) in [5.74, 6) is 0. The van der Waals surface area contributed by atoms with E-state index in [-0.39, 0.29) is 6.09 Å². The zero-order valence-electron chi connectivity index (χ0n) is 12.4. The van der Waals surface area contributed by atoms with Crippen LogP contribution in [0.3, 0.4) is 0 Å². The van der Waals surface area contributed by atoms with Crippen molar-refractivity contribution in [3.63, 3.8) is 0 Å². The number of amides is 1. The molecule has 1 aliphatic heterocycles. The lowest BCUT2D eigenvalue weighted by atomic mass is 10.2. The highest BCUT2D eigenvalue weighted by molar-refractivity contribution is 5.68. The summed E-state index contributed by atoms with van der Waals surface area (Å²) in [4.78, 5) is 13.6. The third kappa shape index (κ3) is 6.75. The first kappa shape index (κ1) is 16.2. The molecule has 1 aliphatic rings. The van der Waals surface area contributed by atoms with Gasteiger partial charge in [0.15, 0.2) is 0 Å². The standard InChI is InChI=1S/C13H27N3O3/c1-10(17)9-16(12(18)19-13(2,3)4)6-5-15-11-7-14-8-11/h10-11,14-15,17H,5-9H2,1-4H3. The number of aliphatic hydroxyl groups excluding tert-OH is 1. The van der Waals surface area contributed by atoms with Gasteiger partial charge in [-0.05, 0) is 27.7 Å². The van der Waals surface area contributed by atoms with Crippen molar-refractivity contribution in [3.05, 3.63) is 0 Å². The number of aliphatic hydroxyl groups is 1. The molecular formula is C13H27N3O3. The first-order valence-corrected chi connectivity index (χ1v) is 6.88. The van der Waals surface area contributed by atoms with E-state index in [1.54, 1.807) is 11.8 Å². The normalized spacial score (nSPS) is 17.7. The Balaban J connectivity index is 2.38. The van der Waals surface area contributed by atoms with Gasteiger partial charge < -0.3 is 25.4 Å². The first-order chi connectivity index (χ1) is 8.78. The Labute approximate surface area is 115 Å². The summed E-state index contributed by atoms with van der Waals surface area (Å²) in [6.07, 6.45) is -0.931. The fourth-order valence-electron chi connectivity index (χ4n) is 1.74. The lowest BCUT2D eigenvalue weighted by molar-refractivity contribution is 0.0162. The second-order valence-electron chi connectivity index (χ2n) is 6.08. The van der Waals surface area contributed by atoms with Crippen LogP contribution >= 0.6 is 0 Å². The van der Waals surface area contributed by atoms with E-state index in [0.29, 0.717) is 25.7 Å². The SMILES string of the molecule is CC(O)CN(CCNC1CNC1)C(=O)OC(C)(C)C. The molecular weight excluding hydrogens is 246 g/mol. The summed E-state index contributed by atoms with van der Waals surface area (Å²) in [5.41, 5.74) is -0.515. The third-order valence-electron chi connectivity index (χ3n) is 2.73. The van der Waals surface area contributed by atoms with Crippen LogP contribution in [0.5, 0.6) is 0 Å². The Bertz CT molecular complexity index is 285. The van der Waals surface area contributed by atoms with Crippen molar-refractivity contribution in [2.24, 2.45) is 0 Å². The van der Waals surface area contributed by atoms with E-state index >= 15 is 0 Å². The second-order valence-corrected chi connectivity index (χ2v) is 6.08. The molecule has 1 amide bonds. The Kier molecular flexibility index (Phi) is 6.03. The van der Waals surface area contributed by atoms with Gasteiger partial charge in [-0.25, -0.2) is 4.79 Å². The summed E-state index contributed by atoms with van der Waals surface area (Å²) in [6.45, 7) is 10.7. The van der Waals surface area contributed by atoms with Gasteiger partial charge in [0, 0.05) is 38.8 Å². The van der Waals surface area contributed by atoms with Gasteiger partial charge in [0.05, 0.1) is 6.10 Å². The first-order valence-electron chi connectivity index (χ1n) is 6.88. The van der Waals surface area contributed by atoms with Crippen molar-refractivity contribution < 1.29 is 14.6 Å². The van der Waals surface area contributed by atoms with E-state index in [4.69, 9.17) is 4.74 Å². The van der Waals surface area contributed by atoms with Gasteiger partial charge >= 0.3 is 6.09 Å². The Morgan fingerprint density at radius 2 is 2.16 bits per heavy atom. The summed E-state index contributed by atoms with van der Waals surface area (Å²) in [5, 5.41) is 16.0. The van der Waals surface area contributed by atoms with Crippen LogP contribution in [-0.4, -0.2) is 66.6 Å². The topological polar surface area (TPSA) is 73.8 Å². The smallest absolute Gasteiger partial charge is 0.410 e. The predicted octanol–water partition coefficient (Wildman–Crippen LogP) is 0.166. The van der Waals surface area contributed by atoms with E-state index in [1.165, 1.54) is 0 Å². The molecule has 1 atom stereocenters. The highest BCUT2D eigenvalue weighted by Crippen LogP contribution is 2.10. The van der Waals surface area contributed by atoms with Crippen LogP contribution in [0.2, 0.25) is 0 Å². The van der Waals surface area contributed by atoms with Gasteiger partial charge in [-0.15, -0.1) is 0 Å².